The Balaban J connectivity index is 1.85. The van der Waals surface area contributed by atoms with Crippen LogP contribution in [0, 0.1) is 12.8 Å². The molecule has 6 heteroatoms. The second kappa shape index (κ2) is 5.48. The van der Waals surface area contributed by atoms with E-state index in [0.29, 0.717) is 17.7 Å². The molecule has 18 heavy (non-hydrogen) atoms. The SMILES string of the molecule is Cc1ncc(C(=O)NC2CCC(C(=O)O)CC2)s1. The Labute approximate surface area is 109 Å². The van der Waals surface area contributed by atoms with Crippen LogP contribution in [0.3, 0.4) is 0 Å². The molecule has 5 nitrogen and oxygen atoms in total. The van der Waals surface area contributed by atoms with Crippen molar-refractivity contribution in [3.05, 3.63) is 16.1 Å². The number of thiazole rings is 1. The van der Waals surface area contributed by atoms with E-state index in [0.717, 1.165) is 17.8 Å². The molecule has 1 aromatic rings. The number of hydrogen-bond donors (Lipinski definition) is 2. The molecule has 1 saturated carbocycles. The summed E-state index contributed by atoms with van der Waals surface area (Å²) >= 11 is 1.37. The zero-order valence-electron chi connectivity index (χ0n) is 10.2. The third-order valence-corrected chi connectivity index (χ3v) is 4.17. The average Bonchev–Trinajstić information content (AvgIpc) is 2.76. The summed E-state index contributed by atoms with van der Waals surface area (Å²) in [5.74, 6) is -1.07. The minimum atomic E-state index is -0.724. The van der Waals surface area contributed by atoms with Crippen LogP contribution in [0.2, 0.25) is 0 Å². The molecule has 0 radical (unpaired) electrons. The van der Waals surface area contributed by atoms with E-state index in [-0.39, 0.29) is 17.9 Å². The molecular weight excluding hydrogens is 252 g/mol. The summed E-state index contributed by atoms with van der Waals surface area (Å²) in [7, 11) is 0. The van der Waals surface area contributed by atoms with Gasteiger partial charge in [-0.1, -0.05) is 0 Å². The third kappa shape index (κ3) is 3.07. The molecular formula is C12H16N2O3S. The minimum absolute atomic E-state index is 0.0931. The zero-order chi connectivity index (χ0) is 13.1. The number of hydrogen-bond acceptors (Lipinski definition) is 4. The van der Waals surface area contributed by atoms with Crippen LogP contribution in [0.4, 0.5) is 0 Å². The Morgan fingerprint density at radius 1 is 1.39 bits per heavy atom. The molecule has 0 spiro atoms. The molecule has 1 fully saturated rings. The topological polar surface area (TPSA) is 79.3 Å². The zero-order valence-corrected chi connectivity index (χ0v) is 11.0. The van der Waals surface area contributed by atoms with Crippen molar-refractivity contribution in [2.45, 2.75) is 38.6 Å². The van der Waals surface area contributed by atoms with Crippen LogP contribution in [-0.4, -0.2) is 28.0 Å². The smallest absolute Gasteiger partial charge is 0.306 e. The number of carbonyl (C=O) groups excluding carboxylic acids is 1. The van der Waals surface area contributed by atoms with Crippen LogP contribution < -0.4 is 5.32 Å². The first-order chi connectivity index (χ1) is 8.56. The van der Waals surface area contributed by atoms with Gasteiger partial charge in [-0.2, -0.15) is 0 Å². The first-order valence-corrected chi connectivity index (χ1v) is 6.84. The van der Waals surface area contributed by atoms with Gasteiger partial charge in [0.2, 0.25) is 0 Å². The maximum Gasteiger partial charge on any atom is 0.306 e. The first kappa shape index (κ1) is 13.0. The molecule has 1 amide bonds. The van der Waals surface area contributed by atoms with Crippen LogP contribution in [0.5, 0.6) is 0 Å². The summed E-state index contributed by atoms with van der Waals surface area (Å²) in [6.45, 7) is 1.86. The van der Waals surface area contributed by atoms with Crippen molar-refractivity contribution >= 4 is 23.2 Å². The van der Waals surface area contributed by atoms with Crippen LogP contribution in [0.25, 0.3) is 0 Å². The molecule has 1 aliphatic carbocycles. The molecule has 0 atom stereocenters. The summed E-state index contributed by atoms with van der Waals surface area (Å²) in [5.41, 5.74) is 0. The number of carboxylic acid groups (broad SMARTS) is 1. The van der Waals surface area contributed by atoms with E-state index in [1.807, 2.05) is 6.92 Å². The number of aryl methyl sites for hydroxylation is 1. The van der Waals surface area contributed by atoms with Gasteiger partial charge in [0, 0.05) is 6.04 Å². The number of rotatable bonds is 3. The third-order valence-electron chi connectivity index (χ3n) is 3.26. The lowest BCUT2D eigenvalue weighted by molar-refractivity contribution is -0.142. The van der Waals surface area contributed by atoms with Crippen LogP contribution in [0.15, 0.2) is 6.20 Å². The largest absolute Gasteiger partial charge is 0.481 e. The number of nitrogens with one attached hydrogen (secondary N) is 1. The van der Waals surface area contributed by atoms with Crippen molar-refractivity contribution in [2.75, 3.05) is 0 Å². The number of aromatic nitrogens is 1. The standard InChI is InChI=1S/C12H16N2O3S/c1-7-13-6-10(18-7)11(15)14-9-4-2-8(3-5-9)12(16)17/h6,8-9H,2-5H2,1H3,(H,14,15)(H,16,17). The number of nitrogens with zero attached hydrogens (tertiary/aromatic N) is 1. The van der Waals surface area contributed by atoms with Crippen molar-refractivity contribution < 1.29 is 14.7 Å². The van der Waals surface area contributed by atoms with Gasteiger partial charge in [-0.3, -0.25) is 9.59 Å². The fraction of sp³-hybridized carbons (Fsp3) is 0.583. The quantitative estimate of drug-likeness (QED) is 0.876. The predicted octanol–water partition coefficient (Wildman–Crippen LogP) is 1.82. The molecule has 0 aliphatic heterocycles. The fourth-order valence-corrected chi connectivity index (χ4v) is 2.89. The highest BCUT2D eigenvalue weighted by Gasteiger charge is 2.27. The van der Waals surface area contributed by atoms with E-state index < -0.39 is 5.97 Å². The van der Waals surface area contributed by atoms with Crippen molar-refractivity contribution in [3.63, 3.8) is 0 Å². The second-order valence-corrected chi connectivity index (χ2v) is 5.84. The van der Waals surface area contributed by atoms with Crippen LogP contribution >= 0.6 is 11.3 Å². The van der Waals surface area contributed by atoms with Gasteiger partial charge in [-0.05, 0) is 32.6 Å². The lowest BCUT2D eigenvalue weighted by Crippen LogP contribution is -2.38. The molecule has 0 unspecified atom stereocenters. The number of aliphatic carboxylic acids is 1. The van der Waals surface area contributed by atoms with E-state index in [2.05, 4.69) is 10.3 Å². The minimum Gasteiger partial charge on any atom is -0.481 e. The molecule has 2 N–H and O–H groups in total. The van der Waals surface area contributed by atoms with Gasteiger partial charge < -0.3 is 10.4 Å². The van der Waals surface area contributed by atoms with E-state index in [4.69, 9.17) is 5.11 Å². The molecule has 0 saturated heterocycles. The Morgan fingerprint density at radius 3 is 2.56 bits per heavy atom. The first-order valence-electron chi connectivity index (χ1n) is 6.02. The van der Waals surface area contributed by atoms with Crippen LogP contribution in [0.1, 0.15) is 40.4 Å². The maximum atomic E-state index is 11.9. The van der Waals surface area contributed by atoms with Gasteiger partial charge in [-0.25, -0.2) is 4.98 Å². The normalized spacial score (nSPS) is 23.6. The van der Waals surface area contributed by atoms with E-state index in [9.17, 15) is 9.59 Å². The molecule has 1 aliphatic rings. The summed E-state index contributed by atoms with van der Waals surface area (Å²) in [6.07, 6.45) is 4.34. The second-order valence-electron chi connectivity index (χ2n) is 4.60. The maximum absolute atomic E-state index is 11.9. The van der Waals surface area contributed by atoms with Crippen molar-refractivity contribution in [2.24, 2.45) is 5.92 Å². The highest BCUT2D eigenvalue weighted by Crippen LogP contribution is 2.24. The lowest BCUT2D eigenvalue weighted by Gasteiger charge is -2.26. The number of carboxylic acids is 1. The van der Waals surface area contributed by atoms with Gasteiger partial charge in [0.1, 0.15) is 4.88 Å². The summed E-state index contributed by atoms with van der Waals surface area (Å²) in [5, 5.41) is 12.7. The van der Waals surface area contributed by atoms with Gasteiger partial charge >= 0.3 is 5.97 Å². The molecule has 0 aromatic carbocycles. The van der Waals surface area contributed by atoms with Crippen LogP contribution in [-0.2, 0) is 4.79 Å². The molecule has 98 valence electrons. The predicted molar refractivity (Wildman–Crippen MR) is 67.7 cm³/mol. The van der Waals surface area contributed by atoms with E-state index >= 15 is 0 Å². The highest BCUT2D eigenvalue weighted by atomic mass is 32.1. The molecule has 0 bridgehead atoms. The molecule has 2 rings (SSSR count). The number of carbonyl (C=O) groups is 2. The Bertz CT molecular complexity index is 450. The summed E-state index contributed by atoms with van der Waals surface area (Å²) in [6, 6.07) is 0.0931. The van der Waals surface area contributed by atoms with Gasteiger partial charge in [0.15, 0.2) is 0 Å². The van der Waals surface area contributed by atoms with Gasteiger partial charge in [0.25, 0.3) is 5.91 Å². The van der Waals surface area contributed by atoms with Crippen molar-refractivity contribution in [3.8, 4) is 0 Å². The summed E-state index contributed by atoms with van der Waals surface area (Å²) < 4.78 is 0. The Morgan fingerprint density at radius 2 is 2.06 bits per heavy atom. The monoisotopic (exact) mass is 268 g/mol. The van der Waals surface area contributed by atoms with E-state index in [1.54, 1.807) is 6.20 Å². The number of amides is 1. The fourth-order valence-electron chi connectivity index (χ4n) is 2.21. The average molecular weight is 268 g/mol. The van der Waals surface area contributed by atoms with Gasteiger partial charge in [-0.15, -0.1) is 11.3 Å². The molecule has 1 heterocycles. The van der Waals surface area contributed by atoms with Gasteiger partial charge in [0.05, 0.1) is 17.1 Å². The van der Waals surface area contributed by atoms with Crippen molar-refractivity contribution in [1.82, 2.24) is 10.3 Å². The lowest BCUT2D eigenvalue weighted by atomic mass is 9.86. The Kier molecular flexibility index (Phi) is 3.96. The Hall–Kier alpha value is -1.43. The summed E-state index contributed by atoms with van der Waals surface area (Å²) in [4.78, 5) is 27.4. The van der Waals surface area contributed by atoms with E-state index in [1.165, 1.54) is 11.3 Å². The highest BCUT2D eigenvalue weighted by molar-refractivity contribution is 7.13. The molecule has 1 aromatic heterocycles. The van der Waals surface area contributed by atoms with Crippen molar-refractivity contribution in [1.29, 1.82) is 0 Å².